The number of hydrogen-bond acceptors (Lipinski definition) is 3. The van der Waals surface area contributed by atoms with Crippen molar-refractivity contribution in [2.45, 2.75) is 25.4 Å². The van der Waals surface area contributed by atoms with Crippen LogP contribution in [0.1, 0.15) is 29.3 Å². The van der Waals surface area contributed by atoms with E-state index >= 15 is 0 Å². The molecule has 0 radical (unpaired) electrons. The molecule has 0 spiro atoms. The summed E-state index contributed by atoms with van der Waals surface area (Å²) in [6, 6.07) is 26.4. The van der Waals surface area contributed by atoms with Gasteiger partial charge in [0.25, 0.3) is 0 Å². The molecular weight excluding hydrogens is 386 g/mol. The van der Waals surface area contributed by atoms with Crippen LogP contribution in [-0.2, 0) is 17.9 Å². The first-order valence-corrected chi connectivity index (χ1v) is 10.6. The molecule has 1 amide bonds. The second kappa shape index (κ2) is 8.26. The van der Waals surface area contributed by atoms with Crippen molar-refractivity contribution in [2.75, 3.05) is 13.7 Å². The standard InChI is InChI=1S/C26H25N3O2/c1-31-24-14-8-5-11-20(24)18-29-23-13-7-6-12-22(23)27-26(29)21-15-25(30)28(17-21)16-19-9-3-2-4-10-19/h2-14,21H,15-18H2,1H3. The second-order valence-electron chi connectivity index (χ2n) is 8.02. The Labute approximate surface area is 181 Å². The topological polar surface area (TPSA) is 47.4 Å². The van der Waals surface area contributed by atoms with Crippen LogP contribution in [0.4, 0.5) is 0 Å². The van der Waals surface area contributed by atoms with Gasteiger partial charge in [0.2, 0.25) is 5.91 Å². The molecule has 5 heteroatoms. The quantitative estimate of drug-likeness (QED) is 0.466. The van der Waals surface area contributed by atoms with Crippen molar-refractivity contribution in [3.8, 4) is 5.75 Å². The predicted molar refractivity (Wildman–Crippen MR) is 121 cm³/mol. The Kier molecular flexibility index (Phi) is 5.16. The molecule has 3 aromatic carbocycles. The van der Waals surface area contributed by atoms with Crippen LogP contribution in [0.15, 0.2) is 78.9 Å². The van der Waals surface area contributed by atoms with Gasteiger partial charge in [0.05, 0.1) is 24.7 Å². The number of carbonyl (C=O) groups excluding carboxylic acids is 1. The average molecular weight is 412 g/mol. The van der Waals surface area contributed by atoms with Crippen LogP contribution in [0, 0.1) is 0 Å². The molecule has 1 aromatic heterocycles. The van der Waals surface area contributed by atoms with E-state index < -0.39 is 0 Å². The molecule has 0 aliphatic carbocycles. The number of aromatic nitrogens is 2. The van der Waals surface area contributed by atoms with E-state index in [1.165, 1.54) is 0 Å². The first-order chi connectivity index (χ1) is 15.2. The fourth-order valence-electron chi connectivity index (χ4n) is 4.48. The highest BCUT2D eigenvalue weighted by Crippen LogP contribution is 2.32. The first-order valence-electron chi connectivity index (χ1n) is 10.6. The third kappa shape index (κ3) is 3.79. The summed E-state index contributed by atoms with van der Waals surface area (Å²) in [6.07, 6.45) is 0.488. The van der Waals surface area contributed by atoms with Gasteiger partial charge in [-0.05, 0) is 23.8 Å². The zero-order valence-corrected chi connectivity index (χ0v) is 17.6. The molecule has 5 nitrogen and oxygen atoms in total. The maximum Gasteiger partial charge on any atom is 0.223 e. The van der Waals surface area contributed by atoms with Crippen molar-refractivity contribution < 1.29 is 9.53 Å². The molecule has 0 bridgehead atoms. The summed E-state index contributed by atoms with van der Waals surface area (Å²) in [5.41, 5.74) is 4.29. The molecule has 1 unspecified atom stereocenters. The number of benzene rings is 3. The third-order valence-electron chi connectivity index (χ3n) is 6.00. The largest absolute Gasteiger partial charge is 0.496 e. The maximum absolute atomic E-state index is 12.8. The number of nitrogens with zero attached hydrogens (tertiary/aromatic N) is 3. The highest BCUT2D eigenvalue weighted by Gasteiger charge is 2.34. The van der Waals surface area contributed by atoms with E-state index in [0.717, 1.165) is 33.7 Å². The minimum absolute atomic E-state index is 0.0679. The third-order valence-corrected chi connectivity index (χ3v) is 6.00. The van der Waals surface area contributed by atoms with Crippen molar-refractivity contribution >= 4 is 16.9 Å². The van der Waals surface area contributed by atoms with Crippen molar-refractivity contribution in [2.24, 2.45) is 0 Å². The van der Waals surface area contributed by atoms with Gasteiger partial charge in [0.15, 0.2) is 0 Å². The van der Waals surface area contributed by atoms with Crippen molar-refractivity contribution in [3.05, 3.63) is 95.8 Å². The first kappa shape index (κ1) is 19.4. The van der Waals surface area contributed by atoms with Gasteiger partial charge in [0.1, 0.15) is 11.6 Å². The number of hydrogen-bond donors (Lipinski definition) is 0. The van der Waals surface area contributed by atoms with E-state index in [1.54, 1.807) is 7.11 Å². The van der Waals surface area contributed by atoms with Crippen molar-refractivity contribution in [1.29, 1.82) is 0 Å². The number of imidazole rings is 1. The molecule has 0 saturated carbocycles. The van der Waals surface area contributed by atoms with Gasteiger partial charge in [-0.1, -0.05) is 60.7 Å². The van der Waals surface area contributed by atoms with E-state index in [0.29, 0.717) is 26.1 Å². The number of rotatable bonds is 6. The molecule has 2 heterocycles. The maximum atomic E-state index is 12.8. The van der Waals surface area contributed by atoms with Crippen LogP contribution in [-0.4, -0.2) is 34.0 Å². The van der Waals surface area contributed by atoms with E-state index in [4.69, 9.17) is 9.72 Å². The van der Waals surface area contributed by atoms with Crippen molar-refractivity contribution in [1.82, 2.24) is 14.5 Å². The lowest BCUT2D eigenvalue weighted by Gasteiger charge is -2.18. The van der Waals surface area contributed by atoms with Gasteiger partial charge in [-0.3, -0.25) is 4.79 Å². The van der Waals surface area contributed by atoms with E-state index in [9.17, 15) is 4.79 Å². The van der Waals surface area contributed by atoms with Gasteiger partial charge >= 0.3 is 0 Å². The highest BCUT2D eigenvalue weighted by molar-refractivity contribution is 5.81. The molecule has 4 aromatic rings. The fraction of sp³-hybridized carbons (Fsp3) is 0.231. The normalized spacial score (nSPS) is 16.2. The summed E-state index contributed by atoms with van der Waals surface area (Å²) < 4.78 is 7.82. The number of likely N-dealkylation sites (tertiary alicyclic amines) is 1. The smallest absolute Gasteiger partial charge is 0.223 e. The lowest BCUT2D eigenvalue weighted by Crippen LogP contribution is -2.24. The Morgan fingerprint density at radius 3 is 2.52 bits per heavy atom. The van der Waals surface area contributed by atoms with Gasteiger partial charge < -0.3 is 14.2 Å². The van der Waals surface area contributed by atoms with Crippen LogP contribution in [0.25, 0.3) is 11.0 Å². The number of amides is 1. The monoisotopic (exact) mass is 411 g/mol. The zero-order valence-electron chi connectivity index (χ0n) is 17.6. The molecule has 156 valence electrons. The summed E-state index contributed by atoms with van der Waals surface area (Å²) in [4.78, 5) is 19.7. The fourth-order valence-corrected chi connectivity index (χ4v) is 4.48. The average Bonchev–Trinajstić information content (AvgIpc) is 3.35. The molecule has 0 N–H and O–H groups in total. The summed E-state index contributed by atoms with van der Waals surface area (Å²) in [5, 5.41) is 0. The molecule has 1 atom stereocenters. The van der Waals surface area contributed by atoms with Gasteiger partial charge in [-0.25, -0.2) is 4.98 Å². The summed E-state index contributed by atoms with van der Waals surface area (Å²) in [6.45, 7) is 1.98. The lowest BCUT2D eigenvalue weighted by molar-refractivity contribution is -0.128. The second-order valence-corrected chi connectivity index (χ2v) is 8.02. The molecular formula is C26H25N3O2. The number of carbonyl (C=O) groups is 1. The highest BCUT2D eigenvalue weighted by atomic mass is 16.5. The summed E-state index contributed by atoms with van der Waals surface area (Å²) in [7, 11) is 1.70. The Bertz CT molecular complexity index is 1220. The molecule has 1 saturated heterocycles. The van der Waals surface area contributed by atoms with Crippen LogP contribution in [0.3, 0.4) is 0 Å². The molecule has 1 aliphatic rings. The van der Waals surface area contributed by atoms with Crippen LogP contribution < -0.4 is 4.74 Å². The summed E-state index contributed by atoms with van der Waals surface area (Å²) in [5.74, 6) is 2.08. The minimum atomic E-state index is 0.0679. The number of methoxy groups -OCH3 is 1. The Morgan fingerprint density at radius 2 is 1.68 bits per heavy atom. The number of para-hydroxylation sites is 3. The van der Waals surface area contributed by atoms with Gasteiger partial charge in [-0.2, -0.15) is 0 Å². The SMILES string of the molecule is COc1ccccc1Cn1c(C2CC(=O)N(Cc3ccccc3)C2)nc2ccccc21. The molecule has 1 fully saturated rings. The Morgan fingerprint density at radius 1 is 0.935 bits per heavy atom. The minimum Gasteiger partial charge on any atom is -0.496 e. The van der Waals surface area contributed by atoms with E-state index in [-0.39, 0.29) is 11.8 Å². The van der Waals surface area contributed by atoms with Crippen LogP contribution in [0.5, 0.6) is 5.75 Å². The van der Waals surface area contributed by atoms with Crippen molar-refractivity contribution in [3.63, 3.8) is 0 Å². The van der Waals surface area contributed by atoms with E-state index in [1.807, 2.05) is 59.5 Å². The molecule has 1 aliphatic heterocycles. The Hall–Kier alpha value is -3.60. The van der Waals surface area contributed by atoms with Gasteiger partial charge in [-0.15, -0.1) is 0 Å². The zero-order chi connectivity index (χ0) is 21.2. The van der Waals surface area contributed by atoms with Crippen LogP contribution >= 0.6 is 0 Å². The summed E-state index contributed by atoms with van der Waals surface area (Å²) >= 11 is 0. The number of fused-ring (bicyclic) bond motifs is 1. The Balaban J connectivity index is 1.48. The lowest BCUT2D eigenvalue weighted by atomic mass is 10.1. The number of ether oxygens (including phenoxy) is 1. The predicted octanol–water partition coefficient (Wildman–Crippen LogP) is 4.61. The molecule has 5 rings (SSSR count). The van der Waals surface area contributed by atoms with Gasteiger partial charge in [0, 0.05) is 31.0 Å². The van der Waals surface area contributed by atoms with E-state index in [2.05, 4.69) is 28.8 Å². The van der Waals surface area contributed by atoms with Crippen LogP contribution in [0.2, 0.25) is 0 Å². The molecule has 31 heavy (non-hydrogen) atoms.